The zero-order valence-electron chi connectivity index (χ0n) is 7.49. The number of aromatic nitrogens is 1. The fourth-order valence-corrected chi connectivity index (χ4v) is 1.56. The molecule has 0 radical (unpaired) electrons. The molecule has 2 heteroatoms. The van der Waals surface area contributed by atoms with Crippen LogP contribution >= 0.6 is 0 Å². The Morgan fingerprint density at radius 2 is 2.00 bits per heavy atom. The van der Waals surface area contributed by atoms with Crippen molar-refractivity contribution in [2.24, 2.45) is 0 Å². The molecular formula is C10H15NO. The van der Waals surface area contributed by atoms with Crippen molar-refractivity contribution < 1.29 is 4.74 Å². The fraction of sp³-hybridized carbons (Fsp3) is 0.600. The molecule has 1 saturated carbocycles. The topological polar surface area (TPSA) is 14.2 Å². The smallest absolute Gasteiger partial charge is 0.0701 e. The first-order valence-electron chi connectivity index (χ1n) is 4.59. The molecule has 0 aliphatic heterocycles. The molecule has 0 aromatic carbocycles. The van der Waals surface area contributed by atoms with Gasteiger partial charge in [-0.3, -0.25) is 0 Å². The van der Waals surface area contributed by atoms with Gasteiger partial charge < -0.3 is 9.30 Å². The van der Waals surface area contributed by atoms with Crippen molar-refractivity contribution in [1.82, 2.24) is 4.57 Å². The number of hydrogen-bond acceptors (Lipinski definition) is 1. The van der Waals surface area contributed by atoms with Crippen LogP contribution in [0.2, 0.25) is 0 Å². The summed E-state index contributed by atoms with van der Waals surface area (Å²) in [6, 6.07) is 4.15. The van der Waals surface area contributed by atoms with Crippen molar-refractivity contribution >= 4 is 0 Å². The van der Waals surface area contributed by atoms with E-state index in [0.29, 0.717) is 5.54 Å². The average molecular weight is 165 g/mol. The molecule has 2 nitrogen and oxygen atoms in total. The normalized spacial score (nSPS) is 19.4. The molecule has 0 atom stereocenters. The molecule has 0 unspecified atom stereocenters. The van der Waals surface area contributed by atoms with Gasteiger partial charge >= 0.3 is 0 Å². The van der Waals surface area contributed by atoms with Crippen LogP contribution in [0.1, 0.15) is 19.8 Å². The minimum atomic E-state index is 0.319. The van der Waals surface area contributed by atoms with E-state index in [2.05, 4.69) is 29.1 Å². The Bertz CT molecular complexity index is 236. The van der Waals surface area contributed by atoms with Crippen LogP contribution in [-0.4, -0.2) is 17.8 Å². The summed E-state index contributed by atoms with van der Waals surface area (Å²) >= 11 is 0. The third kappa shape index (κ3) is 1.27. The van der Waals surface area contributed by atoms with E-state index in [0.717, 1.165) is 13.2 Å². The van der Waals surface area contributed by atoms with Gasteiger partial charge in [0.25, 0.3) is 0 Å². The minimum absolute atomic E-state index is 0.319. The SMILES string of the molecule is CCOCC1(n2cccc2)CC1. The van der Waals surface area contributed by atoms with Gasteiger partial charge in [-0.25, -0.2) is 0 Å². The van der Waals surface area contributed by atoms with Crippen molar-refractivity contribution in [2.75, 3.05) is 13.2 Å². The molecule has 0 saturated heterocycles. The van der Waals surface area contributed by atoms with Crippen LogP contribution in [0.5, 0.6) is 0 Å². The minimum Gasteiger partial charge on any atom is -0.379 e. The number of rotatable bonds is 4. The summed E-state index contributed by atoms with van der Waals surface area (Å²) in [6.45, 7) is 3.74. The van der Waals surface area contributed by atoms with Gasteiger partial charge in [0.15, 0.2) is 0 Å². The first kappa shape index (κ1) is 7.87. The predicted octanol–water partition coefficient (Wildman–Crippen LogP) is 2.01. The van der Waals surface area contributed by atoms with Gasteiger partial charge in [0.1, 0.15) is 0 Å². The lowest BCUT2D eigenvalue weighted by molar-refractivity contribution is 0.104. The molecule has 0 bridgehead atoms. The van der Waals surface area contributed by atoms with E-state index in [-0.39, 0.29) is 0 Å². The van der Waals surface area contributed by atoms with Crippen LogP contribution in [0.25, 0.3) is 0 Å². The average Bonchev–Trinajstić information content (AvgIpc) is 2.66. The monoisotopic (exact) mass is 165 g/mol. The van der Waals surface area contributed by atoms with Gasteiger partial charge in [0.2, 0.25) is 0 Å². The zero-order chi connectivity index (χ0) is 8.44. The van der Waals surface area contributed by atoms with Crippen molar-refractivity contribution in [1.29, 1.82) is 0 Å². The quantitative estimate of drug-likeness (QED) is 0.665. The van der Waals surface area contributed by atoms with Gasteiger partial charge in [0, 0.05) is 19.0 Å². The maximum atomic E-state index is 5.46. The first-order valence-corrected chi connectivity index (χ1v) is 4.59. The van der Waals surface area contributed by atoms with Gasteiger partial charge in [-0.05, 0) is 31.9 Å². The lowest BCUT2D eigenvalue weighted by Crippen LogP contribution is -2.21. The summed E-state index contributed by atoms with van der Waals surface area (Å²) in [5.74, 6) is 0. The molecule has 1 aromatic rings. The molecule has 1 aliphatic carbocycles. The van der Waals surface area contributed by atoms with Gasteiger partial charge in [-0.2, -0.15) is 0 Å². The third-order valence-electron chi connectivity index (χ3n) is 2.55. The molecule has 2 rings (SSSR count). The standard InChI is InChI=1S/C10H15NO/c1-2-12-9-10(5-6-10)11-7-3-4-8-11/h3-4,7-8H,2,5-6,9H2,1H3. The van der Waals surface area contributed by atoms with E-state index in [9.17, 15) is 0 Å². The van der Waals surface area contributed by atoms with Crippen LogP contribution in [0.15, 0.2) is 24.5 Å². The number of ether oxygens (including phenoxy) is 1. The Kier molecular flexibility index (Phi) is 1.93. The molecule has 1 aliphatic rings. The van der Waals surface area contributed by atoms with Crippen molar-refractivity contribution in [3.8, 4) is 0 Å². The lowest BCUT2D eigenvalue weighted by atomic mass is 10.3. The highest BCUT2D eigenvalue weighted by Gasteiger charge is 2.44. The molecule has 0 N–H and O–H groups in total. The Hall–Kier alpha value is -0.760. The van der Waals surface area contributed by atoms with Gasteiger partial charge in [-0.15, -0.1) is 0 Å². The van der Waals surface area contributed by atoms with E-state index in [1.165, 1.54) is 12.8 Å². The molecule has 66 valence electrons. The van der Waals surface area contributed by atoms with Crippen molar-refractivity contribution in [3.05, 3.63) is 24.5 Å². The second-order valence-corrected chi connectivity index (χ2v) is 3.45. The second-order valence-electron chi connectivity index (χ2n) is 3.45. The summed E-state index contributed by atoms with van der Waals surface area (Å²) in [5, 5.41) is 0. The summed E-state index contributed by atoms with van der Waals surface area (Å²) in [5.41, 5.74) is 0.319. The largest absolute Gasteiger partial charge is 0.379 e. The number of nitrogens with zero attached hydrogens (tertiary/aromatic N) is 1. The zero-order valence-corrected chi connectivity index (χ0v) is 7.49. The summed E-state index contributed by atoms with van der Waals surface area (Å²) in [4.78, 5) is 0. The van der Waals surface area contributed by atoms with E-state index in [1.807, 2.05) is 6.92 Å². The summed E-state index contributed by atoms with van der Waals surface area (Å²) in [6.07, 6.45) is 6.79. The highest BCUT2D eigenvalue weighted by atomic mass is 16.5. The molecule has 1 heterocycles. The first-order chi connectivity index (χ1) is 5.87. The lowest BCUT2D eigenvalue weighted by Gasteiger charge is -2.16. The second kappa shape index (κ2) is 2.94. The van der Waals surface area contributed by atoms with E-state index < -0.39 is 0 Å². The Morgan fingerprint density at radius 3 is 2.50 bits per heavy atom. The molecule has 1 aromatic heterocycles. The molecular weight excluding hydrogens is 150 g/mol. The van der Waals surface area contributed by atoms with Crippen LogP contribution < -0.4 is 0 Å². The molecule has 1 fully saturated rings. The van der Waals surface area contributed by atoms with Crippen LogP contribution in [0.4, 0.5) is 0 Å². The van der Waals surface area contributed by atoms with E-state index >= 15 is 0 Å². The predicted molar refractivity (Wildman–Crippen MR) is 48.1 cm³/mol. The van der Waals surface area contributed by atoms with Crippen LogP contribution in [-0.2, 0) is 10.3 Å². The van der Waals surface area contributed by atoms with Crippen molar-refractivity contribution in [2.45, 2.75) is 25.3 Å². The molecule has 12 heavy (non-hydrogen) atoms. The highest BCUT2D eigenvalue weighted by Crippen LogP contribution is 2.43. The van der Waals surface area contributed by atoms with E-state index in [1.54, 1.807) is 0 Å². The number of hydrogen-bond donors (Lipinski definition) is 0. The summed E-state index contributed by atoms with van der Waals surface area (Å²) < 4.78 is 7.74. The third-order valence-corrected chi connectivity index (χ3v) is 2.55. The maximum Gasteiger partial charge on any atom is 0.0701 e. The van der Waals surface area contributed by atoms with E-state index in [4.69, 9.17) is 4.74 Å². The fourth-order valence-electron chi connectivity index (χ4n) is 1.56. The van der Waals surface area contributed by atoms with Crippen LogP contribution in [0.3, 0.4) is 0 Å². The highest BCUT2D eigenvalue weighted by molar-refractivity contribution is 5.06. The molecule has 0 amide bonds. The van der Waals surface area contributed by atoms with Crippen LogP contribution in [0, 0.1) is 0 Å². The Labute approximate surface area is 73.1 Å². The summed E-state index contributed by atoms with van der Waals surface area (Å²) in [7, 11) is 0. The van der Waals surface area contributed by atoms with Crippen molar-refractivity contribution in [3.63, 3.8) is 0 Å². The maximum absolute atomic E-state index is 5.46. The Morgan fingerprint density at radius 1 is 1.33 bits per heavy atom. The Balaban J connectivity index is 2.02. The molecule has 0 spiro atoms. The van der Waals surface area contributed by atoms with Gasteiger partial charge in [-0.1, -0.05) is 0 Å². The van der Waals surface area contributed by atoms with Gasteiger partial charge in [0.05, 0.1) is 12.1 Å².